The fraction of sp³-hybridized carbons (Fsp3) is 0.500. The first kappa shape index (κ1) is 14.5. The number of rotatable bonds is 5. The van der Waals surface area contributed by atoms with Crippen LogP contribution in [0, 0.1) is 11.7 Å². The third kappa shape index (κ3) is 3.00. The molecule has 1 rings (SSSR count). The minimum Gasteiger partial charge on any atom is -0.494 e. The Morgan fingerprint density at radius 2 is 2.06 bits per heavy atom. The van der Waals surface area contributed by atoms with Crippen LogP contribution >= 0.6 is 0 Å². The maximum absolute atomic E-state index is 14.2. The van der Waals surface area contributed by atoms with E-state index in [0.717, 1.165) is 0 Å². The number of hydrogen-bond acceptors (Lipinski definition) is 3. The summed E-state index contributed by atoms with van der Waals surface area (Å²) in [4.78, 5) is 11.9. The Morgan fingerprint density at radius 3 is 2.56 bits per heavy atom. The molecule has 1 aromatic rings. The minimum atomic E-state index is -0.611. The predicted octanol–water partition coefficient (Wildman–Crippen LogP) is 3.14. The van der Waals surface area contributed by atoms with Crippen LogP contribution in [0.2, 0.25) is 0 Å². The molecule has 0 heterocycles. The van der Waals surface area contributed by atoms with Crippen molar-refractivity contribution in [3.8, 4) is 5.75 Å². The van der Waals surface area contributed by atoms with Crippen molar-refractivity contribution in [2.75, 3.05) is 13.7 Å². The van der Waals surface area contributed by atoms with Gasteiger partial charge in [-0.3, -0.25) is 4.79 Å². The van der Waals surface area contributed by atoms with Gasteiger partial charge in [-0.1, -0.05) is 26.0 Å². The third-order valence-electron chi connectivity index (χ3n) is 2.76. The summed E-state index contributed by atoms with van der Waals surface area (Å²) in [5, 5.41) is 0. The molecule has 4 heteroatoms. The first-order chi connectivity index (χ1) is 8.52. The minimum absolute atomic E-state index is 0.0503. The fourth-order valence-electron chi connectivity index (χ4n) is 1.92. The van der Waals surface area contributed by atoms with E-state index in [4.69, 9.17) is 9.47 Å². The fourth-order valence-corrected chi connectivity index (χ4v) is 1.92. The van der Waals surface area contributed by atoms with E-state index in [9.17, 15) is 9.18 Å². The Hall–Kier alpha value is -1.58. The molecule has 0 aliphatic heterocycles. The number of hydrogen-bond donors (Lipinski definition) is 0. The van der Waals surface area contributed by atoms with Crippen LogP contribution in [0.3, 0.4) is 0 Å². The lowest BCUT2D eigenvalue weighted by Gasteiger charge is -2.20. The Morgan fingerprint density at radius 1 is 1.39 bits per heavy atom. The molecular formula is C14H19FO3. The van der Waals surface area contributed by atoms with Crippen molar-refractivity contribution >= 4 is 5.97 Å². The van der Waals surface area contributed by atoms with Crippen molar-refractivity contribution in [2.24, 2.45) is 5.92 Å². The second kappa shape index (κ2) is 6.38. The van der Waals surface area contributed by atoms with Gasteiger partial charge in [0.05, 0.1) is 19.6 Å². The number of benzene rings is 1. The lowest BCUT2D eigenvalue weighted by molar-refractivity contribution is -0.146. The quantitative estimate of drug-likeness (QED) is 0.757. The topological polar surface area (TPSA) is 35.5 Å². The van der Waals surface area contributed by atoms with E-state index in [2.05, 4.69) is 0 Å². The molecule has 0 aliphatic carbocycles. The standard InChI is InChI=1S/C14H19FO3/c1-5-18-14(16)12(9(2)3)10-7-6-8-11(17-4)13(10)15/h6-9,12H,5H2,1-4H3. The van der Waals surface area contributed by atoms with Gasteiger partial charge in [-0.2, -0.15) is 0 Å². The third-order valence-corrected chi connectivity index (χ3v) is 2.76. The van der Waals surface area contributed by atoms with Crippen LogP contribution in [-0.4, -0.2) is 19.7 Å². The van der Waals surface area contributed by atoms with Gasteiger partial charge in [0, 0.05) is 5.56 Å². The van der Waals surface area contributed by atoms with Crippen molar-refractivity contribution < 1.29 is 18.7 Å². The maximum atomic E-state index is 14.2. The predicted molar refractivity (Wildman–Crippen MR) is 67.2 cm³/mol. The van der Waals surface area contributed by atoms with Gasteiger partial charge in [0.1, 0.15) is 0 Å². The Labute approximate surface area is 107 Å². The average Bonchev–Trinajstić information content (AvgIpc) is 2.31. The summed E-state index contributed by atoms with van der Waals surface area (Å²) in [6, 6.07) is 4.80. The van der Waals surface area contributed by atoms with Crippen molar-refractivity contribution in [2.45, 2.75) is 26.7 Å². The highest BCUT2D eigenvalue weighted by Crippen LogP contribution is 2.31. The molecule has 18 heavy (non-hydrogen) atoms. The van der Waals surface area contributed by atoms with Gasteiger partial charge in [0.25, 0.3) is 0 Å². The van der Waals surface area contributed by atoms with E-state index >= 15 is 0 Å². The van der Waals surface area contributed by atoms with E-state index < -0.39 is 17.7 Å². The van der Waals surface area contributed by atoms with Gasteiger partial charge in [0.2, 0.25) is 0 Å². The zero-order valence-corrected chi connectivity index (χ0v) is 11.2. The average molecular weight is 254 g/mol. The molecule has 100 valence electrons. The summed E-state index contributed by atoms with van der Waals surface area (Å²) in [5.41, 5.74) is 0.322. The summed E-state index contributed by atoms with van der Waals surface area (Å²) in [7, 11) is 1.40. The number of ether oxygens (including phenoxy) is 2. The molecule has 0 bridgehead atoms. The van der Waals surface area contributed by atoms with E-state index in [1.807, 2.05) is 13.8 Å². The van der Waals surface area contributed by atoms with Gasteiger partial charge < -0.3 is 9.47 Å². The molecule has 0 radical (unpaired) electrons. The molecule has 1 aromatic carbocycles. The highest BCUT2D eigenvalue weighted by Gasteiger charge is 2.29. The first-order valence-corrected chi connectivity index (χ1v) is 6.01. The number of methoxy groups -OCH3 is 1. The highest BCUT2D eigenvalue weighted by molar-refractivity contribution is 5.78. The zero-order chi connectivity index (χ0) is 13.7. The van der Waals surface area contributed by atoms with Crippen molar-refractivity contribution in [1.82, 2.24) is 0 Å². The first-order valence-electron chi connectivity index (χ1n) is 6.01. The van der Waals surface area contributed by atoms with E-state index in [-0.39, 0.29) is 18.3 Å². The van der Waals surface area contributed by atoms with Crippen LogP contribution in [0.4, 0.5) is 4.39 Å². The van der Waals surface area contributed by atoms with Gasteiger partial charge in [0.15, 0.2) is 11.6 Å². The smallest absolute Gasteiger partial charge is 0.313 e. The molecular weight excluding hydrogens is 235 g/mol. The van der Waals surface area contributed by atoms with Crippen LogP contribution in [0.25, 0.3) is 0 Å². The molecule has 0 spiro atoms. The second-order valence-corrected chi connectivity index (χ2v) is 4.34. The van der Waals surface area contributed by atoms with Gasteiger partial charge in [-0.05, 0) is 18.9 Å². The van der Waals surface area contributed by atoms with Gasteiger partial charge >= 0.3 is 5.97 Å². The monoisotopic (exact) mass is 254 g/mol. The molecule has 3 nitrogen and oxygen atoms in total. The second-order valence-electron chi connectivity index (χ2n) is 4.34. The molecule has 1 atom stereocenters. The van der Waals surface area contributed by atoms with Crippen LogP contribution in [0.5, 0.6) is 5.75 Å². The number of esters is 1. The molecule has 1 unspecified atom stereocenters. The SMILES string of the molecule is CCOC(=O)C(c1cccc(OC)c1F)C(C)C. The number of carbonyl (C=O) groups is 1. The van der Waals surface area contributed by atoms with Crippen LogP contribution in [0.1, 0.15) is 32.3 Å². The lowest BCUT2D eigenvalue weighted by Crippen LogP contribution is -2.22. The molecule has 0 aliphatic rings. The Balaban J connectivity index is 3.18. The number of carbonyl (C=O) groups excluding carboxylic acids is 1. The lowest BCUT2D eigenvalue weighted by atomic mass is 9.88. The van der Waals surface area contributed by atoms with Gasteiger partial charge in [-0.25, -0.2) is 4.39 Å². The van der Waals surface area contributed by atoms with E-state index in [0.29, 0.717) is 5.56 Å². The summed E-state index contributed by atoms with van der Waals surface area (Å²) in [6.07, 6.45) is 0. The normalized spacial score (nSPS) is 12.3. The highest BCUT2D eigenvalue weighted by atomic mass is 19.1. The van der Waals surface area contributed by atoms with E-state index in [1.165, 1.54) is 13.2 Å². The Bertz CT molecular complexity index is 416. The maximum Gasteiger partial charge on any atom is 0.313 e. The molecule has 0 amide bonds. The summed E-state index contributed by atoms with van der Waals surface area (Å²) in [5.74, 6) is -1.42. The van der Waals surface area contributed by atoms with Crippen LogP contribution in [0.15, 0.2) is 18.2 Å². The Kier molecular flexibility index (Phi) is 5.13. The summed E-state index contributed by atoms with van der Waals surface area (Å²) < 4.78 is 24.1. The van der Waals surface area contributed by atoms with Crippen molar-refractivity contribution in [1.29, 1.82) is 0 Å². The molecule has 0 saturated heterocycles. The molecule has 0 N–H and O–H groups in total. The largest absolute Gasteiger partial charge is 0.494 e. The molecule has 0 fully saturated rings. The summed E-state index contributed by atoms with van der Waals surface area (Å²) >= 11 is 0. The van der Waals surface area contributed by atoms with E-state index in [1.54, 1.807) is 19.1 Å². The van der Waals surface area contributed by atoms with Crippen LogP contribution < -0.4 is 4.74 Å². The van der Waals surface area contributed by atoms with Crippen molar-refractivity contribution in [3.05, 3.63) is 29.6 Å². The zero-order valence-electron chi connectivity index (χ0n) is 11.2. The number of halogens is 1. The van der Waals surface area contributed by atoms with Crippen molar-refractivity contribution in [3.63, 3.8) is 0 Å². The summed E-state index contributed by atoms with van der Waals surface area (Å²) in [6.45, 7) is 5.74. The van der Waals surface area contributed by atoms with Crippen LogP contribution in [-0.2, 0) is 9.53 Å². The molecule has 0 aromatic heterocycles. The molecule has 0 saturated carbocycles. The van der Waals surface area contributed by atoms with Gasteiger partial charge in [-0.15, -0.1) is 0 Å².